The molecular formula is C15H26O2. The van der Waals surface area contributed by atoms with Gasteiger partial charge in [-0.25, -0.2) is 0 Å². The standard InChI is InChI=1S/C15H26O2/c1-12-8-7-10-14(2,3)13(12)9-11-15(4,16-5)17-6/h8-9,11,13H,7,10H2,1-6H3/b11-9+. The third-order valence-electron chi connectivity index (χ3n) is 3.99. The van der Waals surface area contributed by atoms with Gasteiger partial charge in [0.25, 0.3) is 0 Å². The summed E-state index contributed by atoms with van der Waals surface area (Å²) in [5, 5.41) is 0. The molecule has 0 saturated heterocycles. The Balaban J connectivity index is 2.88. The summed E-state index contributed by atoms with van der Waals surface area (Å²) in [5.41, 5.74) is 1.77. The van der Waals surface area contributed by atoms with Crippen LogP contribution in [0.25, 0.3) is 0 Å². The number of ether oxygens (including phenoxy) is 2. The van der Waals surface area contributed by atoms with Crippen LogP contribution in [0.1, 0.15) is 40.5 Å². The number of rotatable bonds is 4. The van der Waals surface area contributed by atoms with Gasteiger partial charge in [0.15, 0.2) is 5.79 Å². The molecule has 1 aliphatic rings. The van der Waals surface area contributed by atoms with Crippen molar-refractivity contribution in [1.82, 2.24) is 0 Å². The van der Waals surface area contributed by atoms with Gasteiger partial charge < -0.3 is 9.47 Å². The molecule has 1 rings (SSSR count). The van der Waals surface area contributed by atoms with Crippen LogP contribution in [-0.2, 0) is 9.47 Å². The molecule has 2 heteroatoms. The summed E-state index contributed by atoms with van der Waals surface area (Å²) in [6.07, 6.45) is 9.03. The molecule has 0 radical (unpaired) electrons. The topological polar surface area (TPSA) is 18.5 Å². The second-order valence-electron chi connectivity index (χ2n) is 5.74. The predicted octanol–water partition coefficient (Wildman–Crippen LogP) is 3.93. The van der Waals surface area contributed by atoms with Crippen LogP contribution >= 0.6 is 0 Å². The van der Waals surface area contributed by atoms with Gasteiger partial charge in [-0.2, -0.15) is 0 Å². The highest BCUT2D eigenvalue weighted by atomic mass is 16.7. The van der Waals surface area contributed by atoms with E-state index in [-0.39, 0.29) is 0 Å². The molecule has 0 aromatic carbocycles. The second kappa shape index (κ2) is 5.36. The Bertz CT molecular complexity index is 309. The van der Waals surface area contributed by atoms with Gasteiger partial charge in [0.05, 0.1) is 0 Å². The highest BCUT2D eigenvalue weighted by Crippen LogP contribution is 2.41. The van der Waals surface area contributed by atoms with Crippen LogP contribution in [0.3, 0.4) is 0 Å². The van der Waals surface area contributed by atoms with E-state index in [1.54, 1.807) is 14.2 Å². The Hall–Kier alpha value is -0.600. The van der Waals surface area contributed by atoms with Crippen LogP contribution in [0.4, 0.5) is 0 Å². The Morgan fingerprint density at radius 3 is 2.41 bits per heavy atom. The van der Waals surface area contributed by atoms with Crippen molar-refractivity contribution in [2.75, 3.05) is 14.2 Å². The van der Waals surface area contributed by atoms with Crippen LogP contribution in [0.5, 0.6) is 0 Å². The molecule has 0 saturated carbocycles. The van der Waals surface area contributed by atoms with Gasteiger partial charge in [-0.3, -0.25) is 0 Å². The summed E-state index contributed by atoms with van der Waals surface area (Å²) in [4.78, 5) is 0. The first kappa shape index (κ1) is 14.5. The third-order valence-corrected chi connectivity index (χ3v) is 3.99. The SMILES string of the molecule is COC(C)(/C=C/C1C(C)=CCCC1(C)C)OC. The molecule has 0 aromatic heterocycles. The van der Waals surface area contributed by atoms with Gasteiger partial charge in [0.1, 0.15) is 0 Å². The maximum Gasteiger partial charge on any atom is 0.184 e. The van der Waals surface area contributed by atoms with Gasteiger partial charge in [-0.1, -0.05) is 31.6 Å². The van der Waals surface area contributed by atoms with E-state index in [0.29, 0.717) is 11.3 Å². The highest BCUT2D eigenvalue weighted by molar-refractivity contribution is 5.19. The second-order valence-corrected chi connectivity index (χ2v) is 5.74. The van der Waals surface area contributed by atoms with Crippen molar-refractivity contribution in [3.8, 4) is 0 Å². The lowest BCUT2D eigenvalue weighted by atomic mass is 9.68. The van der Waals surface area contributed by atoms with Crippen molar-refractivity contribution in [3.05, 3.63) is 23.8 Å². The minimum atomic E-state index is -0.617. The van der Waals surface area contributed by atoms with E-state index < -0.39 is 5.79 Å². The maximum atomic E-state index is 5.35. The number of methoxy groups -OCH3 is 2. The van der Waals surface area contributed by atoms with Gasteiger partial charge in [0, 0.05) is 20.1 Å². The molecule has 98 valence electrons. The molecule has 0 amide bonds. The summed E-state index contributed by atoms with van der Waals surface area (Å²) in [6.45, 7) is 8.80. The van der Waals surface area contributed by atoms with Crippen molar-refractivity contribution < 1.29 is 9.47 Å². The fourth-order valence-electron chi connectivity index (χ4n) is 2.47. The minimum absolute atomic E-state index is 0.317. The first-order valence-electron chi connectivity index (χ1n) is 6.31. The average Bonchev–Trinajstić information content (AvgIpc) is 2.27. The summed E-state index contributed by atoms with van der Waals surface area (Å²) in [7, 11) is 3.34. The first-order valence-corrected chi connectivity index (χ1v) is 6.31. The van der Waals surface area contributed by atoms with Crippen molar-refractivity contribution in [2.24, 2.45) is 11.3 Å². The Labute approximate surface area is 106 Å². The molecule has 2 nitrogen and oxygen atoms in total. The van der Waals surface area contributed by atoms with Crippen molar-refractivity contribution in [3.63, 3.8) is 0 Å². The lowest BCUT2D eigenvalue weighted by Crippen LogP contribution is -2.30. The summed E-state index contributed by atoms with van der Waals surface area (Å²) in [5.74, 6) is -0.144. The lowest BCUT2D eigenvalue weighted by Gasteiger charge is -2.37. The zero-order valence-electron chi connectivity index (χ0n) is 12.0. The number of hydrogen-bond acceptors (Lipinski definition) is 2. The zero-order valence-corrected chi connectivity index (χ0v) is 12.0. The maximum absolute atomic E-state index is 5.35. The summed E-state index contributed by atoms with van der Waals surface area (Å²) in [6, 6.07) is 0. The zero-order chi connectivity index (χ0) is 13.1. The van der Waals surface area contributed by atoms with Gasteiger partial charge in [-0.05, 0) is 38.2 Å². The number of hydrogen-bond donors (Lipinski definition) is 0. The van der Waals surface area contributed by atoms with E-state index in [1.807, 2.05) is 13.0 Å². The van der Waals surface area contributed by atoms with Crippen LogP contribution in [0.2, 0.25) is 0 Å². The summed E-state index contributed by atoms with van der Waals surface area (Å²) >= 11 is 0. The first-order chi connectivity index (χ1) is 7.84. The molecule has 0 aromatic rings. The third kappa shape index (κ3) is 3.43. The Kier molecular flexibility index (Phi) is 4.56. The van der Waals surface area contributed by atoms with Gasteiger partial charge in [0.2, 0.25) is 0 Å². The fourth-order valence-corrected chi connectivity index (χ4v) is 2.47. The van der Waals surface area contributed by atoms with E-state index in [2.05, 4.69) is 32.9 Å². The van der Waals surface area contributed by atoms with E-state index >= 15 is 0 Å². The molecule has 1 unspecified atom stereocenters. The predicted molar refractivity (Wildman–Crippen MR) is 71.8 cm³/mol. The van der Waals surface area contributed by atoms with E-state index in [0.717, 1.165) is 0 Å². The monoisotopic (exact) mass is 238 g/mol. The molecule has 1 atom stereocenters. The van der Waals surface area contributed by atoms with Gasteiger partial charge in [-0.15, -0.1) is 0 Å². The minimum Gasteiger partial charge on any atom is -0.350 e. The van der Waals surface area contributed by atoms with Gasteiger partial charge >= 0.3 is 0 Å². The molecule has 0 fully saturated rings. The largest absolute Gasteiger partial charge is 0.350 e. The van der Waals surface area contributed by atoms with Crippen LogP contribution in [-0.4, -0.2) is 20.0 Å². The van der Waals surface area contributed by atoms with Crippen LogP contribution < -0.4 is 0 Å². The van der Waals surface area contributed by atoms with Crippen LogP contribution in [0, 0.1) is 11.3 Å². The molecule has 0 aliphatic heterocycles. The number of allylic oxidation sites excluding steroid dienone is 3. The van der Waals surface area contributed by atoms with Crippen molar-refractivity contribution in [2.45, 2.75) is 46.3 Å². The fraction of sp³-hybridized carbons (Fsp3) is 0.733. The molecule has 1 aliphatic carbocycles. The van der Waals surface area contributed by atoms with E-state index in [4.69, 9.17) is 9.47 Å². The molecule has 0 N–H and O–H groups in total. The van der Waals surface area contributed by atoms with E-state index in [1.165, 1.54) is 18.4 Å². The average molecular weight is 238 g/mol. The molecular weight excluding hydrogens is 212 g/mol. The lowest BCUT2D eigenvalue weighted by molar-refractivity contribution is -0.156. The normalized spacial score (nSPS) is 25.1. The molecule has 0 spiro atoms. The Morgan fingerprint density at radius 2 is 1.94 bits per heavy atom. The Morgan fingerprint density at radius 1 is 1.35 bits per heavy atom. The molecule has 0 bridgehead atoms. The molecule has 0 heterocycles. The van der Waals surface area contributed by atoms with Crippen molar-refractivity contribution >= 4 is 0 Å². The quantitative estimate of drug-likeness (QED) is 0.545. The van der Waals surface area contributed by atoms with Crippen molar-refractivity contribution in [1.29, 1.82) is 0 Å². The highest BCUT2D eigenvalue weighted by Gasteiger charge is 2.31. The molecule has 17 heavy (non-hydrogen) atoms. The smallest absolute Gasteiger partial charge is 0.184 e. The van der Waals surface area contributed by atoms with E-state index in [9.17, 15) is 0 Å². The van der Waals surface area contributed by atoms with Crippen LogP contribution in [0.15, 0.2) is 23.8 Å². The summed E-state index contributed by atoms with van der Waals surface area (Å²) < 4.78 is 10.7.